The topological polar surface area (TPSA) is 59.8 Å². The summed E-state index contributed by atoms with van der Waals surface area (Å²) in [5.74, 6) is -0.0994. The highest BCUT2D eigenvalue weighted by Crippen LogP contribution is 2.27. The van der Waals surface area contributed by atoms with Gasteiger partial charge in [-0.1, -0.05) is 34.1 Å². The molecule has 2 aromatic carbocycles. The maximum atomic E-state index is 13.0. The van der Waals surface area contributed by atoms with Crippen molar-refractivity contribution in [2.24, 2.45) is 0 Å². The van der Waals surface area contributed by atoms with E-state index in [0.29, 0.717) is 48.6 Å². The first kappa shape index (κ1) is 17.0. The molecule has 0 aliphatic carbocycles. The number of amides is 1. The van der Waals surface area contributed by atoms with Crippen molar-refractivity contribution in [1.29, 1.82) is 0 Å². The van der Waals surface area contributed by atoms with Crippen molar-refractivity contribution in [3.63, 3.8) is 0 Å². The van der Waals surface area contributed by atoms with Crippen LogP contribution in [0.25, 0.3) is 22.1 Å². The lowest BCUT2D eigenvalue weighted by molar-refractivity contribution is 0.0303. The summed E-state index contributed by atoms with van der Waals surface area (Å²) >= 11 is 3.43. The van der Waals surface area contributed by atoms with Crippen molar-refractivity contribution in [2.45, 2.75) is 0 Å². The number of carbonyl (C=O) groups is 1. The Hall–Kier alpha value is -2.44. The molecular weight excluding hydrogens is 398 g/mol. The predicted octanol–water partition coefficient (Wildman–Crippen LogP) is 3.69. The Morgan fingerprint density at radius 1 is 1.00 bits per heavy atom. The van der Waals surface area contributed by atoms with E-state index in [1.54, 1.807) is 35.2 Å². The van der Waals surface area contributed by atoms with Crippen LogP contribution in [0.2, 0.25) is 0 Å². The number of ether oxygens (including phenoxy) is 1. The lowest BCUT2D eigenvalue weighted by Crippen LogP contribution is -2.40. The van der Waals surface area contributed by atoms with Gasteiger partial charge in [-0.3, -0.25) is 4.79 Å². The van der Waals surface area contributed by atoms with Crippen molar-refractivity contribution in [1.82, 2.24) is 4.90 Å². The van der Waals surface area contributed by atoms with E-state index >= 15 is 0 Å². The quantitative estimate of drug-likeness (QED) is 0.601. The van der Waals surface area contributed by atoms with Crippen molar-refractivity contribution < 1.29 is 13.9 Å². The molecule has 2 heterocycles. The molecule has 0 radical (unpaired) electrons. The summed E-state index contributed by atoms with van der Waals surface area (Å²) in [4.78, 5) is 27.3. The SMILES string of the molecule is O=C(c1ccccc1-c1cc2cc(Br)ccc2oc1=O)N1CCOCC1. The monoisotopic (exact) mass is 413 g/mol. The van der Waals surface area contributed by atoms with Crippen LogP contribution < -0.4 is 5.63 Å². The van der Waals surface area contributed by atoms with Crippen LogP contribution in [-0.4, -0.2) is 37.1 Å². The summed E-state index contributed by atoms with van der Waals surface area (Å²) in [5.41, 5.74) is 1.52. The molecule has 0 saturated carbocycles. The Balaban J connectivity index is 1.83. The second kappa shape index (κ2) is 7.05. The molecular formula is C20H16BrNO4. The summed E-state index contributed by atoms with van der Waals surface area (Å²) in [6, 6.07) is 14.4. The van der Waals surface area contributed by atoms with E-state index < -0.39 is 5.63 Å². The molecule has 0 N–H and O–H groups in total. The standard InChI is InChI=1S/C20H16BrNO4/c21-14-5-6-18-13(11-14)12-17(20(24)26-18)15-3-1-2-4-16(15)19(23)22-7-9-25-10-8-22/h1-6,11-12H,7-10H2. The lowest BCUT2D eigenvalue weighted by atomic mass is 9.99. The third-order valence-electron chi connectivity index (χ3n) is 4.44. The van der Waals surface area contributed by atoms with Gasteiger partial charge in [-0.05, 0) is 30.3 Å². The molecule has 3 aromatic rings. The van der Waals surface area contributed by atoms with E-state index in [1.165, 1.54) is 0 Å². The summed E-state index contributed by atoms with van der Waals surface area (Å²) in [6.07, 6.45) is 0. The predicted molar refractivity (Wildman–Crippen MR) is 102 cm³/mol. The molecule has 1 amide bonds. The first-order valence-corrected chi connectivity index (χ1v) is 9.12. The fourth-order valence-electron chi connectivity index (χ4n) is 3.12. The third kappa shape index (κ3) is 3.18. The minimum Gasteiger partial charge on any atom is -0.422 e. The maximum absolute atomic E-state index is 13.0. The average molecular weight is 414 g/mol. The highest BCUT2D eigenvalue weighted by molar-refractivity contribution is 9.10. The number of halogens is 1. The van der Waals surface area contributed by atoms with Crippen molar-refractivity contribution in [3.8, 4) is 11.1 Å². The molecule has 4 rings (SSSR count). The van der Waals surface area contributed by atoms with E-state index in [2.05, 4.69) is 15.9 Å². The number of hydrogen-bond acceptors (Lipinski definition) is 4. The van der Waals surface area contributed by atoms with Gasteiger partial charge < -0.3 is 14.1 Å². The number of benzene rings is 2. The van der Waals surface area contributed by atoms with Crippen LogP contribution in [0.3, 0.4) is 0 Å². The Morgan fingerprint density at radius 3 is 2.58 bits per heavy atom. The molecule has 1 aliphatic heterocycles. The maximum Gasteiger partial charge on any atom is 0.344 e. The fraction of sp³-hybridized carbons (Fsp3) is 0.200. The highest BCUT2D eigenvalue weighted by Gasteiger charge is 2.22. The number of fused-ring (bicyclic) bond motifs is 1. The van der Waals surface area contributed by atoms with Crippen molar-refractivity contribution >= 4 is 32.8 Å². The number of carbonyl (C=O) groups excluding carboxylic acids is 1. The second-order valence-corrected chi connectivity index (χ2v) is 7.00. The molecule has 1 fully saturated rings. The molecule has 5 nitrogen and oxygen atoms in total. The highest BCUT2D eigenvalue weighted by atomic mass is 79.9. The summed E-state index contributed by atoms with van der Waals surface area (Å²) in [5, 5.41) is 0.794. The van der Waals surface area contributed by atoms with E-state index in [9.17, 15) is 9.59 Å². The molecule has 26 heavy (non-hydrogen) atoms. The van der Waals surface area contributed by atoms with Gasteiger partial charge in [-0.15, -0.1) is 0 Å². The number of morpholine rings is 1. The van der Waals surface area contributed by atoms with Gasteiger partial charge in [0.05, 0.1) is 18.8 Å². The Kier molecular flexibility index (Phi) is 4.61. The normalized spacial score (nSPS) is 14.6. The zero-order valence-electron chi connectivity index (χ0n) is 13.9. The van der Waals surface area contributed by atoms with Crippen molar-refractivity contribution in [2.75, 3.05) is 26.3 Å². The van der Waals surface area contributed by atoms with Gasteiger partial charge in [0.1, 0.15) is 5.58 Å². The van der Waals surface area contributed by atoms with E-state index in [1.807, 2.05) is 18.2 Å². The zero-order chi connectivity index (χ0) is 18.1. The van der Waals surface area contributed by atoms with Crippen LogP contribution >= 0.6 is 15.9 Å². The van der Waals surface area contributed by atoms with Crippen LogP contribution in [-0.2, 0) is 4.74 Å². The molecule has 0 atom stereocenters. The van der Waals surface area contributed by atoms with Crippen LogP contribution in [0.1, 0.15) is 10.4 Å². The summed E-state index contributed by atoms with van der Waals surface area (Å²) < 4.78 is 11.7. The number of hydrogen-bond donors (Lipinski definition) is 0. The van der Waals surface area contributed by atoms with Crippen LogP contribution in [0.4, 0.5) is 0 Å². The van der Waals surface area contributed by atoms with Gasteiger partial charge >= 0.3 is 5.63 Å². The molecule has 1 saturated heterocycles. The smallest absolute Gasteiger partial charge is 0.344 e. The first-order valence-electron chi connectivity index (χ1n) is 8.33. The fourth-order valence-corrected chi connectivity index (χ4v) is 3.50. The van der Waals surface area contributed by atoms with Gasteiger partial charge in [-0.25, -0.2) is 4.79 Å². The van der Waals surface area contributed by atoms with Gasteiger partial charge in [-0.2, -0.15) is 0 Å². The van der Waals surface area contributed by atoms with E-state index in [0.717, 1.165) is 9.86 Å². The molecule has 6 heteroatoms. The molecule has 0 bridgehead atoms. The largest absolute Gasteiger partial charge is 0.422 e. The zero-order valence-corrected chi connectivity index (χ0v) is 15.5. The Morgan fingerprint density at radius 2 is 1.77 bits per heavy atom. The van der Waals surface area contributed by atoms with Gasteiger partial charge in [0.2, 0.25) is 0 Å². The first-order chi connectivity index (χ1) is 12.6. The molecule has 132 valence electrons. The molecule has 1 aromatic heterocycles. The Bertz CT molecular complexity index is 1040. The number of rotatable bonds is 2. The van der Waals surface area contributed by atoms with Crippen LogP contribution in [0, 0.1) is 0 Å². The van der Waals surface area contributed by atoms with Gasteiger partial charge in [0.15, 0.2) is 0 Å². The van der Waals surface area contributed by atoms with E-state index in [-0.39, 0.29) is 5.91 Å². The summed E-state index contributed by atoms with van der Waals surface area (Å²) in [7, 11) is 0. The minimum atomic E-state index is -0.456. The van der Waals surface area contributed by atoms with Crippen molar-refractivity contribution in [3.05, 3.63) is 69.0 Å². The summed E-state index contributed by atoms with van der Waals surface area (Å²) in [6.45, 7) is 2.15. The van der Waals surface area contributed by atoms with Gasteiger partial charge in [0, 0.05) is 34.1 Å². The lowest BCUT2D eigenvalue weighted by Gasteiger charge is -2.27. The average Bonchev–Trinajstić information content (AvgIpc) is 2.68. The molecule has 1 aliphatic rings. The van der Waals surface area contributed by atoms with Gasteiger partial charge in [0.25, 0.3) is 5.91 Å². The van der Waals surface area contributed by atoms with Crippen LogP contribution in [0.5, 0.6) is 0 Å². The van der Waals surface area contributed by atoms with E-state index in [4.69, 9.17) is 9.15 Å². The third-order valence-corrected chi connectivity index (χ3v) is 4.93. The molecule has 0 unspecified atom stereocenters. The second-order valence-electron chi connectivity index (χ2n) is 6.08. The Labute approximate surface area is 158 Å². The number of nitrogens with zero attached hydrogens (tertiary/aromatic N) is 1. The van der Waals surface area contributed by atoms with Crippen LogP contribution in [0.15, 0.2) is 62.2 Å². The molecule has 0 spiro atoms. The minimum absolute atomic E-state index is 0.0994.